The van der Waals surface area contributed by atoms with Crippen LogP contribution in [0.5, 0.6) is 5.75 Å². The number of alkyl halides is 3. The second kappa shape index (κ2) is 9.01. The van der Waals surface area contributed by atoms with Crippen molar-refractivity contribution in [2.45, 2.75) is 44.8 Å². The first-order valence-electron chi connectivity index (χ1n) is 16.2. The Labute approximate surface area is 208 Å². The van der Waals surface area contributed by atoms with E-state index < -0.39 is 91.8 Å². The molecule has 1 fully saturated rings. The van der Waals surface area contributed by atoms with E-state index >= 15 is 0 Å². The first-order valence-corrected chi connectivity index (χ1v) is 9.20. The molecule has 1 aliphatic rings. The molecule has 33 heavy (non-hydrogen) atoms. The lowest BCUT2D eigenvalue weighted by Gasteiger charge is -2.26. The molecule has 1 aliphatic heterocycles. The van der Waals surface area contributed by atoms with Crippen LogP contribution in [0.4, 0.5) is 23.4 Å². The number of piperidine rings is 1. The molecule has 1 saturated heterocycles. The van der Waals surface area contributed by atoms with Gasteiger partial charge in [0.1, 0.15) is 5.82 Å². The van der Waals surface area contributed by atoms with Crippen molar-refractivity contribution in [2.24, 2.45) is 0 Å². The largest absolute Gasteiger partial charge is 0.472 e. The van der Waals surface area contributed by atoms with Gasteiger partial charge in [-0.25, -0.2) is 9.37 Å². The third kappa shape index (κ3) is 4.80. The topological polar surface area (TPSA) is 78.0 Å². The van der Waals surface area contributed by atoms with Crippen molar-refractivity contribution >= 4 is 5.82 Å². The van der Waals surface area contributed by atoms with Crippen molar-refractivity contribution in [1.29, 1.82) is 0 Å². The number of nitrogens with one attached hydrogen (secondary N) is 1. The fourth-order valence-corrected chi connectivity index (χ4v) is 3.03. The number of nitrogens with two attached hydrogens (primary N) is 1. The molecule has 3 N–H and O–H groups in total. The van der Waals surface area contributed by atoms with E-state index in [1.807, 2.05) is 0 Å². The van der Waals surface area contributed by atoms with Gasteiger partial charge in [0, 0.05) is 48.3 Å². The van der Waals surface area contributed by atoms with E-state index in [1.165, 1.54) is 0 Å². The number of rotatable bonds is 5. The smallest absolute Gasteiger partial charge is 0.429 e. The maximum absolute atomic E-state index is 14.8. The molecular formula is C23H25F4N5O. The maximum Gasteiger partial charge on any atom is 0.429 e. The SMILES string of the molecule is [2H]C([2H])([2H])c1ccc(F)c(C([2H])([2H])[2H])c1C(Oc1cc(-c2cnn(C3C([2H])([2H])C([2H])([2H])NC([2H])([2H])C3([2H])[2H])c2)cnc1N)C(F)(F)F. The normalized spacial score (nSPS) is 29.2. The first kappa shape index (κ1) is 11.3. The number of hydrogen-bond acceptors (Lipinski definition) is 5. The third-order valence-electron chi connectivity index (χ3n) is 4.62. The molecule has 10 heteroatoms. The minimum Gasteiger partial charge on any atom is -0.472 e. The van der Waals surface area contributed by atoms with E-state index in [2.05, 4.69) is 10.1 Å². The second-order valence-corrected chi connectivity index (χ2v) is 6.81. The highest BCUT2D eigenvalue weighted by Gasteiger charge is 2.45. The molecule has 3 aromatic rings. The Morgan fingerprint density at radius 2 is 2.03 bits per heavy atom. The number of aromatic nitrogens is 3. The molecule has 0 radical (unpaired) electrons. The van der Waals surface area contributed by atoms with Crippen LogP contribution in [-0.2, 0) is 0 Å². The molecule has 1 aromatic carbocycles. The van der Waals surface area contributed by atoms with Crippen LogP contribution in [0.15, 0.2) is 36.8 Å². The van der Waals surface area contributed by atoms with Gasteiger partial charge in [0.15, 0.2) is 11.6 Å². The van der Waals surface area contributed by atoms with Gasteiger partial charge in [-0.2, -0.15) is 18.3 Å². The van der Waals surface area contributed by atoms with Crippen LogP contribution >= 0.6 is 0 Å². The molecule has 0 spiro atoms. The maximum atomic E-state index is 14.8. The Kier molecular flexibility index (Phi) is 3.09. The highest BCUT2D eigenvalue weighted by Crippen LogP contribution is 2.41. The molecule has 2 aromatic heterocycles. The number of anilines is 1. The van der Waals surface area contributed by atoms with Gasteiger partial charge in [0.05, 0.1) is 12.2 Å². The van der Waals surface area contributed by atoms with Gasteiger partial charge in [-0.3, -0.25) is 4.68 Å². The lowest BCUT2D eigenvalue weighted by Crippen LogP contribution is -2.29. The quantitative estimate of drug-likeness (QED) is 0.512. The number of aryl methyl sites for hydroxylation is 1. The minimum absolute atomic E-state index is 0.103. The number of hydrogen-bond donors (Lipinski definition) is 2. The monoisotopic (exact) mass is 477 g/mol. The molecule has 0 aliphatic carbocycles. The Balaban J connectivity index is 1.85. The van der Waals surface area contributed by atoms with E-state index in [4.69, 9.17) is 29.7 Å². The summed E-state index contributed by atoms with van der Waals surface area (Å²) in [7, 11) is 0. The lowest BCUT2D eigenvalue weighted by atomic mass is 9.97. The Hall–Kier alpha value is -3.14. The molecule has 6 nitrogen and oxygen atoms in total. The molecule has 1 atom stereocenters. The lowest BCUT2D eigenvalue weighted by molar-refractivity contribution is -0.198. The predicted octanol–water partition coefficient (Wildman–Crippen LogP) is 4.89. The summed E-state index contributed by atoms with van der Waals surface area (Å²) in [5, 5.41) is 5.54. The summed E-state index contributed by atoms with van der Waals surface area (Å²) in [6, 6.07) is -0.481. The van der Waals surface area contributed by atoms with Crippen LogP contribution in [0.25, 0.3) is 11.1 Å². The van der Waals surface area contributed by atoms with Gasteiger partial charge in [-0.15, -0.1) is 0 Å². The molecule has 0 saturated carbocycles. The molecular weight excluding hydrogens is 438 g/mol. The third-order valence-corrected chi connectivity index (χ3v) is 4.62. The molecule has 0 amide bonds. The molecule has 0 bridgehead atoms. The van der Waals surface area contributed by atoms with E-state index in [1.54, 1.807) is 5.32 Å². The van der Waals surface area contributed by atoms with Crippen molar-refractivity contribution in [2.75, 3.05) is 18.7 Å². The molecule has 1 unspecified atom stereocenters. The zero-order valence-electron chi connectivity index (χ0n) is 30.5. The van der Waals surface area contributed by atoms with E-state index in [0.29, 0.717) is 16.8 Å². The van der Waals surface area contributed by atoms with Gasteiger partial charge >= 0.3 is 6.18 Å². The van der Waals surface area contributed by atoms with Crippen molar-refractivity contribution in [1.82, 2.24) is 20.1 Å². The van der Waals surface area contributed by atoms with Crippen LogP contribution in [0.2, 0.25) is 0 Å². The molecule has 176 valence electrons. The van der Waals surface area contributed by atoms with Gasteiger partial charge in [0.2, 0.25) is 6.10 Å². The zero-order chi connectivity index (χ0) is 35.9. The number of halogens is 4. The van der Waals surface area contributed by atoms with Gasteiger partial charge < -0.3 is 15.8 Å². The number of benzene rings is 1. The van der Waals surface area contributed by atoms with Crippen LogP contribution in [-0.4, -0.2) is 33.9 Å². The highest BCUT2D eigenvalue weighted by atomic mass is 19.4. The van der Waals surface area contributed by atoms with Crippen LogP contribution < -0.4 is 15.8 Å². The van der Waals surface area contributed by atoms with Gasteiger partial charge in [0.25, 0.3) is 0 Å². The van der Waals surface area contributed by atoms with E-state index in [0.717, 1.165) is 24.7 Å². The minimum atomic E-state index is -5.55. The molecule has 3 heterocycles. The number of nitrogen functional groups attached to an aromatic ring is 1. The highest BCUT2D eigenvalue weighted by molar-refractivity contribution is 5.66. The standard InChI is InChI=1S/C23H25F4N5O/c1-13-3-4-18(24)14(2)20(13)21(23(25,26)27)33-19-9-15(10-30-22(19)28)16-11-31-32(12-16)17-5-7-29-8-6-17/h3-4,9-12,17,21,29H,5-8H2,1-2H3,(H2,28,30)/i1D3,2D3,5D2,6D2,7D2,8D2. The van der Waals surface area contributed by atoms with Crippen molar-refractivity contribution in [3.05, 3.63) is 59.3 Å². The second-order valence-electron chi connectivity index (χ2n) is 6.81. The average molecular weight is 478 g/mol. The summed E-state index contributed by atoms with van der Waals surface area (Å²) in [6.07, 6.45) is -12.3. The average Bonchev–Trinajstić information content (AvgIpc) is 3.33. The van der Waals surface area contributed by atoms with Crippen LogP contribution in [0.3, 0.4) is 0 Å². The van der Waals surface area contributed by atoms with Crippen molar-refractivity contribution in [3.63, 3.8) is 0 Å². The van der Waals surface area contributed by atoms with Gasteiger partial charge in [-0.1, -0.05) is 6.07 Å². The summed E-state index contributed by atoms with van der Waals surface area (Å²) in [5.74, 6) is -3.23. The van der Waals surface area contributed by atoms with Crippen LogP contribution in [0, 0.1) is 19.5 Å². The summed E-state index contributed by atoms with van der Waals surface area (Å²) < 4.78 is 175. The fraction of sp³-hybridized carbons (Fsp3) is 0.391. The van der Waals surface area contributed by atoms with Gasteiger partial charge in [-0.05, 0) is 62.7 Å². The van der Waals surface area contributed by atoms with Crippen molar-refractivity contribution < 1.29 is 41.5 Å². The fourth-order valence-electron chi connectivity index (χ4n) is 3.03. The van der Waals surface area contributed by atoms with Crippen molar-refractivity contribution in [3.8, 4) is 16.9 Å². The van der Waals surface area contributed by atoms with Crippen LogP contribution in [0.1, 0.15) is 60.8 Å². The summed E-state index contributed by atoms with van der Waals surface area (Å²) in [6.45, 7) is -13.1. The Morgan fingerprint density at radius 1 is 1.24 bits per heavy atom. The van der Waals surface area contributed by atoms with E-state index in [-0.39, 0.29) is 11.1 Å². The number of ether oxygens (including phenoxy) is 1. The Morgan fingerprint density at radius 3 is 2.73 bits per heavy atom. The number of pyridine rings is 1. The van der Waals surface area contributed by atoms with E-state index in [9.17, 15) is 17.6 Å². The molecule has 4 rings (SSSR count). The zero-order valence-corrected chi connectivity index (χ0v) is 16.5. The predicted molar refractivity (Wildman–Crippen MR) is 116 cm³/mol. The number of nitrogens with zero attached hydrogens (tertiary/aromatic N) is 3. The summed E-state index contributed by atoms with van der Waals surface area (Å²) >= 11 is 0. The Bertz CT molecular complexity index is 1650. The summed E-state index contributed by atoms with van der Waals surface area (Å²) in [4.78, 5) is 3.74. The first-order chi connectivity index (χ1) is 21.0. The summed E-state index contributed by atoms with van der Waals surface area (Å²) in [5.41, 5.74) is 1.29.